The number of hydrogen-bond acceptors (Lipinski definition) is 6. The molecule has 2 aromatic rings. The first-order valence-corrected chi connectivity index (χ1v) is 8.78. The summed E-state index contributed by atoms with van der Waals surface area (Å²) in [5.41, 5.74) is 2.16. The van der Waals surface area contributed by atoms with E-state index in [2.05, 4.69) is 16.1 Å². The van der Waals surface area contributed by atoms with Crippen molar-refractivity contribution in [2.45, 2.75) is 32.1 Å². The second-order valence-electron chi connectivity index (χ2n) is 6.66. The van der Waals surface area contributed by atoms with Gasteiger partial charge in [0.1, 0.15) is 18.0 Å². The Morgan fingerprint density at radius 1 is 1.19 bits per heavy atom. The van der Waals surface area contributed by atoms with Gasteiger partial charge in [-0.25, -0.2) is 0 Å². The number of aliphatic hydroxyl groups is 1. The van der Waals surface area contributed by atoms with Gasteiger partial charge in [0.25, 0.3) is 0 Å². The van der Waals surface area contributed by atoms with Crippen LogP contribution >= 0.6 is 0 Å². The first-order valence-electron chi connectivity index (χ1n) is 8.78. The van der Waals surface area contributed by atoms with E-state index in [1.807, 2.05) is 24.7 Å². The standard InChI is InChI=1S/C19H27N3O4/c1-13-9-14(21(2)20-13)11-22-8-7-17(16(23)12-22)26-15-5-6-18(24-3)19(10-15)25-4/h5-6,9-10,16-17,23H,7-8,11-12H2,1-4H3/t16-,17-/m1/s1. The Balaban J connectivity index is 1.59. The average molecular weight is 361 g/mol. The molecule has 1 aliphatic heterocycles. The van der Waals surface area contributed by atoms with Gasteiger partial charge in [-0.05, 0) is 31.5 Å². The minimum absolute atomic E-state index is 0.238. The maximum Gasteiger partial charge on any atom is 0.164 e. The minimum Gasteiger partial charge on any atom is -0.493 e. The van der Waals surface area contributed by atoms with Crippen molar-refractivity contribution in [1.29, 1.82) is 0 Å². The number of rotatable bonds is 6. The number of methoxy groups -OCH3 is 2. The van der Waals surface area contributed by atoms with E-state index in [1.165, 1.54) is 0 Å². The van der Waals surface area contributed by atoms with Crippen LogP contribution < -0.4 is 14.2 Å². The Kier molecular flexibility index (Phi) is 5.68. The number of aryl methyl sites for hydroxylation is 2. The fourth-order valence-electron chi connectivity index (χ4n) is 3.36. The van der Waals surface area contributed by atoms with Crippen LogP contribution in [0.15, 0.2) is 24.3 Å². The molecule has 1 aromatic heterocycles. The van der Waals surface area contributed by atoms with Gasteiger partial charge in [-0.15, -0.1) is 0 Å². The molecule has 7 nitrogen and oxygen atoms in total. The fraction of sp³-hybridized carbons (Fsp3) is 0.526. The lowest BCUT2D eigenvalue weighted by Gasteiger charge is -2.35. The van der Waals surface area contributed by atoms with Crippen LogP contribution in [0.3, 0.4) is 0 Å². The molecule has 0 radical (unpaired) electrons. The highest BCUT2D eigenvalue weighted by Crippen LogP contribution is 2.32. The summed E-state index contributed by atoms with van der Waals surface area (Å²) < 4.78 is 18.4. The summed E-state index contributed by atoms with van der Waals surface area (Å²) in [6.07, 6.45) is -0.0319. The zero-order valence-electron chi connectivity index (χ0n) is 15.8. The zero-order valence-corrected chi connectivity index (χ0v) is 15.8. The Hall–Kier alpha value is -2.25. The first kappa shape index (κ1) is 18.5. The van der Waals surface area contributed by atoms with Crippen LogP contribution in [0.1, 0.15) is 17.8 Å². The van der Waals surface area contributed by atoms with E-state index in [9.17, 15) is 5.11 Å². The van der Waals surface area contributed by atoms with E-state index >= 15 is 0 Å². The highest BCUT2D eigenvalue weighted by atomic mass is 16.5. The van der Waals surface area contributed by atoms with Crippen LogP contribution in [0.4, 0.5) is 0 Å². The van der Waals surface area contributed by atoms with Crippen molar-refractivity contribution in [1.82, 2.24) is 14.7 Å². The number of hydrogen-bond donors (Lipinski definition) is 1. The zero-order chi connectivity index (χ0) is 18.7. The third kappa shape index (κ3) is 4.11. The molecular weight excluding hydrogens is 334 g/mol. The van der Waals surface area contributed by atoms with Crippen LogP contribution in [-0.4, -0.2) is 59.3 Å². The van der Waals surface area contributed by atoms with Crippen LogP contribution in [0.5, 0.6) is 17.2 Å². The Morgan fingerprint density at radius 2 is 1.96 bits per heavy atom. The number of piperidine rings is 1. The summed E-state index contributed by atoms with van der Waals surface area (Å²) in [4.78, 5) is 2.23. The molecule has 0 aliphatic carbocycles. The largest absolute Gasteiger partial charge is 0.493 e. The molecule has 0 unspecified atom stereocenters. The van der Waals surface area contributed by atoms with Crippen molar-refractivity contribution < 1.29 is 19.3 Å². The summed E-state index contributed by atoms with van der Waals surface area (Å²) >= 11 is 0. The number of ether oxygens (including phenoxy) is 3. The number of β-amino-alcohol motifs (C(OH)–C–C–N with tert-alkyl or cyclic N) is 1. The number of benzene rings is 1. The second kappa shape index (κ2) is 7.97. The topological polar surface area (TPSA) is 69.0 Å². The molecule has 1 fully saturated rings. The fourth-order valence-corrected chi connectivity index (χ4v) is 3.36. The van der Waals surface area contributed by atoms with Crippen molar-refractivity contribution in [3.05, 3.63) is 35.7 Å². The predicted molar refractivity (Wildman–Crippen MR) is 97.8 cm³/mol. The molecule has 7 heteroatoms. The van der Waals surface area contributed by atoms with Crippen molar-refractivity contribution in [3.63, 3.8) is 0 Å². The highest BCUT2D eigenvalue weighted by molar-refractivity contribution is 5.45. The van der Waals surface area contributed by atoms with Gasteiger partial charge >= 0.3 is 0 Å². The maximum absolute atomic E-state index is 10.5. The van der Waals surface area contributed by atoms with E-state index in [4.69, 9.17) is 14.2 Å². The molecular formula is C19H27N3O4. The van der Waals surface area contributed by atoms with Crippen LogP contribution in [0.2, 0.25) is 0 Å². The summed E-state index contributed by atoms with van der Waals surface area (Å²) in [6, 6.07) is 7.51. The van der Waals surface area contributed by atoms with Crippen LogP contribution in [0.25, 0.3) is 0 Å². The average Bonchev–Trinajstić information content (AvgIpc) is 2.94. The number of aromatic nitrogens is 2. The van der Waals surface area contributed by atoms with E-state index < -0.39 is 6.10 Å². The lowest BCUT2D eigenvalue weighted by Crippen LogP contribution is -2.48. The molecule has 0 saturated carbocycles. The lowest BCUT2D eigenvalue weighted by molar-refractivity contribution is -0.0281. The molecule has 0 amide bonds. The van der Waals surface area contributed by atoms with E-state index in [0.717, 1.165) is 30.9 Å². The van der Waals surface area contributed by atoms with E-state index in [1.54, 1.807) is 26.4 Å². The minimum atomic E-state index is -0.550. The number of likely N-dealkylation sites (tertiary alicyclic amines) is 1. The number of nitrogens with zero attached hydrogens (tertiary/aromatic N) is 3. The van der Waals surface area contributed by atoms with Gasteiger partial charge in [-0.1, -0.05) is 0 Å². The van der Waals surface area contributed by atoms with Gasteiger partial charge in [0.2, 0.25) is 0 Å². The number of aliphatic hydroxyl groups excluding tert-OH is 1. The molecule has 3 rings (SSSR count). The normalized spacial score (nSPS) is 20.8. The summed E-state index contributed by atoms with van der Waals surface area (Å²) in [7, 11) is 5.14. The van der Waals surface area contributed by atoms with Gasteiger partial charge in [-0.2, -0.15) is 5.10 Å². The quantitative estimate of drug-likeness (QED) is 0.846. The summed E-state index contributed by atoms with van der Waals surface area (Å²) in [5, 5.41) is 14.9. The Morgan fingerprint density at radius 3 is 2.58 bits per heavy atom. The third-order valence-corrected chi connectivity index (χ3v) is 4.73. The molecule has 26 heavy (non-hydrogen) atoms. The van der Waals surface area contributed by atoms with Gasteiger partial charge in [0, 0.05) is 32.7 Å². The second-order valence-corrected chi connectivity index (χ2v) is 6.66. The van der Waals surface area contributed by atoms with Gasteiger partial charge in [0.15, 0.2) is 11.5 Å². The van der Waals surface area contributed by atoms with Gasteiger partial charge in [-0.3, -0.25) is 9.58 Å². The molecule has 1 aromatic carbocycles. The SMILES string of the molecule is COc1ccc(O[C@@H]2CCN(Cc3cc(C)nn3C)C[C@H]2O)cc1OC. The van der Waals surface area contributed by atoms with Crippen molar-refractivity contribution in [2.24, 2.45) is 7.05 Å². The Labute approximate surface area is 154 Å². The van der Waals surface area contributed by atoms with Crippen LogP contribution in [0, 0.1) is 6.92 Å². The Bertz CT molecular complexity index is 746. The van der Waals surface area contributed by atoms with E-state index in [0.29, 0.717) is 23.8 Å². The molecule has 2 atom stereocenters. The molecule has 1 saturated heterocycles. The van der Waals surface area contributed by atoms with Gasteiger partial charge < -0.3 is 19.3 Å². The molecule has 2 heterocycles. The maximum atomic E-state index is 10.5. The smallest absolute Gasteiger partial charge is 0.164 e. The molecule has 1 N–H and O–H groups in total. The third-order valence-electron chi connectivity index (χ3n) is 4.73. The monoisotopic (exact) mass is 361 g/mol. The first-order chi connectivity index (χ1) is 12.5. The van der Waals surface area contributed by atoms with Crippen molar-refractivity contribution >= 4 is 0 Å². The molecule has 1 aliphatic rings. The summed E-state index contributed by atoms with van der Waals surface area (Å²) in [6.45, 7) is 4.19. The summed E-state index contributed by atoms with van der Waals surface area (Å²) in [5.74, 6) is 1.94. The lowest BCUT2D eigenvalue weighted by atomic mass is 10.0. The predicted octanol–water partition coefficient (Wildman–Crippen LogP) is 1.76. The van der Waals surface area contributed by atoms with E-state index in [-0.39, 0.29) is 6.10 Å². The van der Waals surface area contributed by atoms with Crippen LogP contribution in [-0.2, 0) is 13.6 Å². The van der Waals surface area contributed by atoms with Crippen molar-refractivity contribution in [2.75, 3.05) is 27.3 Å². The molecule has 0 spiro atoms. The highest BCUT2D eigenvalue weighted by Gasteiger charge is 2.30. The van der Waals surface area contributed by atoms with Crippen molar-refractivity contribution in [3.8, 4) is 17.2 Å². The molecule has 0 bridgehead atoms. The van der Waals surface area contributed by atoms with Gasteiger partial charge in [0.05, 0.1) is 25.6 Å². The molecule has 142 valence electrons.